The highest BCUT2D eigenvalue weighted by molar-refractivity contribution is 7.89. The third-order valence-electron chi connectivity index (χ3n) is 6.23. The number of likely N-dealkylation sites (tertiary alicyclic amines) is 1. The van der Waals surface area contributed by atoms with Crippen molar-refractivity contribution in [1.29, 1.82) is 0 Å². The van der Waals surface area contributed by atoms with Crippen molar-refractivity contribution in [3.63, 3.8) is 0 Å². The number of hydrogen-bond acceptors (Lipinski definition) is 6. The summed E-state index contributed by atoms with van der Waals surface area (Å²) >= 11 is 0. The minimum atomic E-state index is -5.08. The number of carbonyl (C=O) groups excluding carboxylic acids is 2. The quantitative estimate of drug-likeness (QED) is 0.492. The monoisotopic (exact) mass is 564 g/mol. The summed E-state index contributed by atoms with van der Waals surface area (Å²) in [6, 6.07) is 3.72. The second kappa shape index (κ2) is 13.4. The molecular formula is C24H35F3N4O6S. The van der Waals surface area contributed by atoms with Gasteiger partial charge in [0.1, 0.15) is 0 Å². The average Bonchev–Trinajstić information content (AvgIpc) is 3.22. The van der Waals surface area contributed by atoms with Crippen molar-refractivity contribution in [2.24, 2.45) is 0 Å². The van der Waals surface area contributed by atoms with Gasteiger partial charge in [0.15, 0.2) is 0 Å². The van der Waals surface area contributed by atoms with Crippen molar-refractivity contribution >= 4 is 27.8 Å². The maximum absolute atomic E-state index is 13.7. The lowest BCUT2D eigenvalue weighted by Crippen LogP contribution is -2.50. The number of nitrogens with one attached hydrogen (secondary N) is 1. The molecule has 0 aliphatic carbocycles. The summed E-state index contributed by atoms with van der Waals surface area (Å²) in [5, 5.41) is 10.3. The van der Waals surface area contributed by atoms with Crippen LogP contribution < -0.4 is 5.32 Å². The van der Waals surface area contributed by atoms with Crippen molar-refractivity contribution in [3.05, 3.63) is 28.8 Å². The van der Waals surface area contributed by atoms with Gasteiger partial charge in [0.2, 0.25) is 21.8 Å². The Hall–Kier alpha value is -2.71. The minimum absolute atomic E-state index is 0.122. The number of hydrogen-bond donors (Lipinski definition) is 2. The molecule has 0 aromatic heterocycles. The van der Waals surface area contributed by atoms with Gasteiger partial charge in [0, 0.05) is 52.2 Å². The predicted octanol–water partition coefficient (Wildman–Crippen LogP) is 1.68. The lowest BCUT2D eigenvalue weighted by atomic mass is 10.1. The number of benzene rings is 1. The standard InChI is InChI=1S/C22H34N4O4S.C2HF3O2/c1-17-14-18(2)22(19(3)15-17)31(29,30)26(11-5-10-24-9-4-6-20(24)27)16-21(28)25-12-7-23-8-13-25;3-2(4,5)1(6)7/h14-15,23H,4-13,16H2,1-3H3;(H,6,7). The summed E-state index contributed by atoms with van der Waals surface area (Å²) in [6.45, 7) is 9.39. The van der Waals surface area contributed by atoms with E-state index >= 15 is 0 Å². The summed E-state index contributed by atoms with van der Waals surface area (Å²) in [4.78, 5) is 37.5. The Morgan fingerprint density at radius 3 is 2.11 bits per heavy atom. The summed E-state index contributed by atoms with van der Waals surface area (Å²) in [5.41, 5.74) is 2.38. The van der Waals surface area contributed by atoms with Crippen molar-refractivity contribution in [1.82, 2.24) is 19.4 Å². The van der Waals surface area contributed by atoms with Gasteiger partial charge in [-0.25, -0.2) is 13.2 Å². The summed E-state index contributed by atoms with van der Waals surface area (Å²) in [5.74, 6) is -2.81. The fourth-order valence-electron chi connectivity index (χ4n) is 4.53. The first-order chi connectivity index (χ1) is 17.6. The molecule has 2 heterocycles. The molecule has 14 heteroatoms. The molecule has 3 rings (SSSR count). The van der Waals surface area contributed by atoms with E-state index in [0.717, 1.165) is 18.5 Å². The highest BCUT2D eigenvalue weighted by atomic mass is 32.2. The number of halogens is 3. The third kappa shape index (κ3) is 8.67. The first-order valence-corrected chi connectivity index (χ1v) is 13.7. The van der Waals surface area contributed by atoms with Crippen LogP contribution in [0.4, 0.5) is 13.2 Å². The van der Waals surface area contributed by atoms with Crippen molar-refractivity contribution in [3.8, 4) is 0 Å². The zero-order valence-electron chi connectivity index (χ0n) is 21.8. The number of aryl methyl sites for hydroxylation is 3. The Morgan fingerprint density at radius 2 is 1.63 bits per heavy atom. The molecule has 10 nitrogen and oxygen atoms in total. The molecule has 1 aromatic rings. The molecule has 0 saturated carbocycles. The molecule has 0 radical (unpaired) electrons. The number of nitrogens with zero attached hydrogens (tertiary/aromatic N) is 3. The largest absolute Gasteiger partial charge is 0.490 e. The highest BCUT2D eigenvalue weighted by Crippen LogP contribution is 2.26. The Morgan fingerprint density at radius 1 is 1.08 bits per heavy atom. The predicted molar refractivity (Wildman–Crippen MR) is 133 cm³/mol. The number of carbonyl (C=O) groups is 3. The Kier molecular flexibility index (Phi) is 11.1. The molecule has 214 valence electrons. The number of carboxylic acid groups (broad SMARTS) is 1. The zero-order valence-corrected chi connectivity index (χ0v) is 22.6. The molecule has 2 amide bonds. The Labute approximate surface area is 220 Å². The van der Waals surface area contributed by atoms with Gasteiger partial charge in [-0.3, -0.25) is 9.59 Å². The Bertz CT molecular complexity index is 1100. The van der Waals surface area contributed by atoms with Crippen LogP contribution in [0.15, 0.2) is 17.0 Å². The fourth-order valence-corrected chi connectivity index (χ4v) is 6.37. The molecule has 2 fully saturated rings. The maximum atomic E-state index is 13.7. The van der Waals surface area contributed by atoms with Crippen LogP contribution in [0.25, 0.3) is 0 Å². The van der Waals surface area contributed by atoms with Crippen molar-refractivity contribution in [2.45, 2.75) is 51.1 Å². The van der Waals surface area contributed by atoms with Crippen LogP contribution in [0.3, 0.4) is 0 Å². The van der Waals surface area contributed by atoms with Gasteiger partial charge in [0.25, 0.3) is 0 Å². The van der Waals surface area contributed by atoms with Crippen LogP contribution in [-0.2, 0) is 24.4 Å². The lowest BCUT2D eigenvalue weighted by molar-refractivity contribution is -0.192. The number of carboxylic acids is 1. The maximum Gasteiger partial charge on any atom is 0.490 e. The SMILES string of the molecule is Cc1cc(C)c(S(=O)(=O)N(CCCN2CCCC2=O)CC(=O)N2CCNCC2)c(C)c1.O=C(O)C(F)(F)F. The van der Waals surface area contributed by atoms with Gasteiger partial charge < -0.3 is 20.2 Å². The summed E-state index contributed by atoms with van der Waals surface area (Å²) < 4.78 is 60.4. The molecule has 0 unspecified atom stereocenters. The van der Waals surface area contributed by atoms with Gasteiger partial charge >= 0.3 is 12.1 Å². The molecule has 0 bridgehead atoms. The van der Waals surface area contributed by atoms with E-state index in [0.29, 0.717) is 56.7 Å². The first kappa shape index (κ1) is 31.5. The van der Waals surface area contributed by atoms with Crippen LogP contribution in [0.1, 0.15) is 36.0 Å². The van der Waals surface area contributed by atoms with E-state index in [-0.39, 0.29) is 29.8 Å². The average molecular weight is 565 g/mol. The van der Waals surface area contributed by atoms with E-state index in [1.54, 1.807) is 23.6 Å². The minimum Gasteiger partial charge on any atom is -0.475 e. The van der Waals surface area contributed by atoms with Gasteiger partial charge in [0.05, 0.1) is 11.4 Å². The van der Waals surface area contributed by atoms with E-state index in [1.165, 1.54) is 4.31 Å². The normalized spacial score (nSPS) is 16.4. The number of amides is 2. The van der Waals surface area contributed by atoms with Crippen LogP contribution in [0.5, 0.6) is 0 Å². The summed E-state index contributed by atoms with van der Waals surface area (Å²) in [6.07, 6.45) is -3.17. The first-order valence-electron chi connectivity index (χ1n) is 12.3. The molecule has 2 saturated heterocycles. The molecule has 0 spiro atoms. The molecule has 2 aliphatic heterocycles. The highest BCUT2D eigenvalue weighted by Gasteiger charge is 2.38. The van der Waals surface area contributed by atoms with E-state index in [4.69, 9.17) is 9.90 Å². The van der Waals surface area contributed by atoms with E-state index in [1.807, 2.05) is 19.1 Å². The molecule has 2 aliphatic rings. The number of rotatable bonds is 8. The van der Waals surface area contributed by atoms with Crippen LogP contribution in [0, 0.1) is 20.8 Å². The van der Waals surface area contributed by atoms with E-state index in [9.17, 15) is 31.2 Å². The number of aliphatic carboxylic acids is 1. The lowest BCUT2D eigenvalue weighted by Gasteiger charge is -2.31. The van der Waals surface area contributed by atoms with Gasteiger partial charge in [-0.1, -0.05) is 17.7 Å². The second-order valence-corrected chi connectivity index (χ2v) is 11.2. The second-order valence-electron chi connectivity index (χ2n) is 9.34. The van der Waals surface area contributed by atoms with Crippen LogP contribution in [0.2, 0.25) is 0 Å². The molecule has 38 heavy (non-hydrogen) atoms. The third-order valence-corrected chi connectivity index (χ3v) is 8.38. The van der Waals surface area contributed by atoms with Crippen LogP contribution in [-0.4, -0.2) is 104 Å². The van der Waals surface area contributed by atoms with Gasteiger partial charge in [-0.2, -0.15) is 17.5 Å². The smallest absolute Gasteiger partial charge is 0.475 e. The molecule has 1 aromatic carbocycles. The number of alkyl halides is 3. The van der Waals surface area contributed by atoms with Gasteiger partial charge in [-0.05, 0) is 44.7 Å². The van der Waals surface area contributed by atoms with Crippen LogP contribution >= 0.6 is 0 Å². The zero-order chi connectivity index (χ0) is 28.7. The fraction of sp³-hybridized carbons (Fsp3) is 0.625. The molecular weight excluding hydrogens is 529 g/mol. The van der Waals surface area contributed by atoms with Crippen molar-refractivity contribution in [2.75, 3.05) is 52.4 Å². The van der Waals surface area contributed by atoms with Gasteiger partial charge in [-0.15, -0.1) is 0 Å². The van der Waals surface area contributed by atoms with E-state index in [2.05, 4.69) is 5.32 Å². The van der Waals surface area contributed by atoms with Crippen molar-refractivity contribution < 1.29 is 41.1 Å². The molecule has 2 N–H and O–H groups in total. The topological polar surface area (TPSA) is 127 Å². The molecule has 0 atom stereocenters. The Balaban J connectivity index is 0.000000638. The number of sulfonamides is 1. The van der Waals surface area contributed by atoms with E-state index < -0.39 is 22.2 Å². The summed E-state index contributed by atoms with van der Waals surface area (Å²) in [7, 11) is -3.86. The number of piperazine rings is 1.